The Kier molecular flexibility index (Phi) is 6.20. The van der Waals surface area contributed by atoms with Crippen LogP contribution < -0.4 is 0 Å². The molecule has 1 aromatic carbocycles. The van der Waals surface area contributed by atoms with E-state index < -0.39 is 9.84 Å². The highest BCUT2D eigenvalue weighted by molar-refractivity contribution is 7.91. The fraction of sp³-hybridized carbons (Fsp3) is 0.450. The Balaban J connectivity index is 1.79. The molecule has 1 aliphatic rings. The number of furan rings is 1. The van der Waals surface area contributed by atoms with Gasteiger partial charge in [-0.3, -0.25) is 4.79 Å². The van der Waals surface area contributed by atoms with Crippen LogP contribution >= 0.6 is 0 Å². The molecule has 0 bridgehead atoms. The van der Waals surface area contributed by atoms with Crippen LogP contribution in [0.15, 0.2) is 40.8 Å². The number of carbonyl (C=O) groups is 1. The first-order valence-corrected chi connectivity index (χ1v) is 11.1. The molecular formula is C20H25FN2O4S. The minimum atomic E-state index is -3.11. The lowest BCUT2D eigenvalue weighted by molar-refractivity contribution is 0.0658. The third-order valence-electron chi connectivity index (χ3n) is 4.86. The van der Waals surface area contributed by atoms with Gasteiger partial charge in [0.15, 0.2) is 15.6 Å². The lowest BCUT2D eigenvalue weighted by Crippen LogP contribution is -2.42. The zero-order chi connectivity index (χ0) is 20.3. The molecule has 2 heterocycles. The minimum absolute atomic E-state index is 0.00771. The molecule has 0 N–H and O–H groups in total. The molecule has 1 atom stereocenters. The van der Waals surface area contributed by atoms with Gasteiger partial charge in [-0.2, -0.15) is 0 Å². The van der Waals surface area contributed by atoms with E-state index in [2.05, 4.69) is 0 Å². The highest BCUT2D eigenvalue weighted by Gasteiger charge is 2.35. The van der Waals surface area contributed by atoms with Gasteiger partial charge in [-0.1, -0.05) is 0 Å². The summed E-state index contributed by atoms with van der Waals surface area (Å²) in [5, 5.41) is 0. The summed E-state index contributed by atoms with van der Waals surface area (Å²) in [7, 11) is 0.794. The molecule has 2 aromatic rings. The zero-order valence-electron chi connectivity index (χ0n) is 16.1. The Hall–Kier alpha value is -2.19. The summed E-state index contributed by atoms with van der Waals surface area (Å²) in [6.45, 7) is 1.26. The van der Waals surface area contributed by atoms with Gasteiger partial charge in [-0.25, -0.2) is 12.8 Å². The molecule has 1 fully saturated rings. The molecule has 28 heavy (non-hydrogen) atoms. The lowest BCUT2D eigenvalue weighted by atomic mass is 10.2. The summed E-state index contributed by atoms with van der Waals surface area (Å²) in [5.41, 5.74) is 0.669. The van der Waals surface area contributed by atoms with Crippen LogP contribution in [-0.4, -0.2) is 68.9 Å². The number of halogens is 1. The largest absolute Gasteiger partial charge is 0.451 e. The van der Waals surface area contributed by atoms with Gasteiger partial charge < -0.3 is 14.2 Å². The third kappa shape index (κ3) is 4.99. The molecule has 1 aromatic heterocycles. The second-order valence-electron chi connectivity index (χ2n) is 7.38. The number of rotatable bonds is 7. The second-order valence-corrected chi connectivity index (χ2v) is 9.61. The topological polar surface area (TPSA) is 70.8 Å². The fourth-order valence-electron chi connectivity index (χ4n) is 3.39. The molecule has 1 unspecified atom stereocenters. The number of amides is 1. The van der Waals surface area contributed by atoms with Crippen molar-refractivity contribution < 1.29 is 22.0 Å². The highest BCUT2D eigenvalue weighted by atomic mass is 32.2. The fourth-order valence-corrected chi connectivity index (χ4v) is 5.12. The van der Waals surface area contributed by atoms with Crippen LogP contribution in [0.3, 0.4) is 0 Å². The van der Waals surface area contributed by atoms with Crippen molar-refractivity contribution in [2.75, 3.05) is 38.7 Å². The molecule has 1 aliphatic heterocycles. The molecular weight excluding hydrogens is 383 g/mol. The van der Waals surface area contributed by atoms with E-state index in [-0.39, 0.29) is 35.0 Å². The van der Waals surface area contributed by atoms with Gasteiger partial charge in [0.05, 0.1) is 11.5 Å². The quantitative estimate of drug-likeness (QED) is 0.704. The van der Waals surface area contributed by atoms with E-state index in [1.165, 1.54) is 12.1 Å². The van der Waals surface area contributed by atoms with Crippen molar-refractivity contribution in [1.82, 2.24) is 9.80 Å². The van der Waals surface area contributed by atoms with Gasteiger partial charge in [0.25, 0.3) is 5.91 Å². The number of hydrogen-bond acceptors (Lipinski definition) is 5. The van der Waals surface area contributed by atoms with E-state index in [0.717, 1.165) is 13.0 Å². The SMILES string of the molecule is CN(C)CCCN(C(=O)c1ccc(-c2ccc(F)cc2)o1)C1CCS(=O)(=O)C1. The molecule has 0 spiro atoms. The summed E-state index contributed by atoms with van der Waals surface area (Å²) in [6.07, 6.45) is 1.18. The predicted molar refractivity (Wildman–Crippen MR) is 105 cm³/mol. The van der Waals surface area contributed by atoms with Crippen molar-refractivity contribution in [3.8, 4) is 11.3 Å². The van der Waals surface area contributed by atoms with Gasteiger partial charge in [0.2, 0.25) is 0 Å². The van der Waals surface area contributed by atoms with E-state index in [4.69, 9.17) is 4.42 Å². The standard InChI is InChI=1S/C20H25FN2O4S/c1-22(2)11-3-12-23(17-10-13-28(25,26)14-17)20(24)19-9-8-18(27-19)15-4-6-16(21)7-5-15/h4-9,17H,3,10-14H2,1-2H3. The molecule has 0 aliphatic carbocycles. The van der Waals surface area contributed by atoms with Crippen molar-refractivity contribution in [1.29, 1.82) is 0 Å². The average Bonchev–Trinajstić information content (AvgIpc) is 3.25. The maximum absolute atomic E-state index is 13.1. The first-order valence-electron chi connectivity index (χ1n) is 9.27. The monoisotopic (exact) mass is 408 g/mol. The summed E-state index contributed by atoms with van der Waals surface area (Å²) in [5.74, 6) is 0.0693. The highest BCUT2D eigenvalue weighted by Crippen LogP contribution is 2.25. The maximum Gasteiger partial charge on any atom is 0.289 e. The van der Waals surface area contributed by atoms with Crippen LogP contribution in [0.5, 0.6) is 0 Å². The van der Waals surface area contributed by atoms with Crippen molar-refractivity contribution >= 4 is 15.7 Å². The lowest BCUT2D eigenvalue weighted by Gasteiger charge is -2.28. The van der Waals surface area contributed by atoms with Crippen LogP contribution in [-0.2, 0) is 9.84 Å². The summed E-state index contributed by atoms with van der Waals surface area (Å²) in [4.78, 5) is 16.7. The van der Waals surface area contributed by atoms with Crippen molar-refractivity contribution in [3.63, 3.8) is 0 Å². The number of carbonyl (C=O) groups excluding carboxylic acids is 1. The average molecular weight is 408 g/mol. The first kappa shape index (κ1) is 20.5. The molecule has 1 saturated heterocycles. The minimum Gasteiger partial charge on any atom is -0.451 e. The van der Waals surface area contributed by atoms with Crippen molar-refractivity contribution in [2.24, 2.45) is 0 Å². The summed E-state index contributed by atoms with van der Waals surface area (Å²) >= 11 is 0. The Morgan fingerprint density at radius 2 is 1.86 bits per heavy atom. The smallest absolute Gasteiger partial charge is 0.289 e. The second kappa shape index (κ2) is 8.45. The van der Waals surface area contributed by atoms with Crippen LogP contribution in [0.4, 0.5) is 4.39 Å². The van der Waals surface area contributed by atoms with Gasteiger partial charge in [0, 0.05) is 18.2 Å². The van der Waals surface area contributed by atoms with Crippen molar-refractivity contribution in [3.05, 3.63) is 48.0 Å². The molecule has 0 saturated carbocycles. The van der Waals surface area contributed by atoms with Crippen molar-refractivity contribution in [2.45, 2.75) is 18.9 Å². The first-order chi connectivity index (χ1) is 13.2. The predicted octanol–water partition coefficient (Wildman–Crippen LogP) is 2.67. The van der Waals surface area contributed by atoms with Gasteiger partial charge in [0.1, 0.15) is 11.6 Å². The van der Waals surface area contributed by atoms with E-state index in [0.29, 0.717) is 24.3 Å². The maximum atomic E-state index is 13.1. The third-order valence-corrected chi connectivity index (χ3v) is 6.61. The Bertz CT molecular complexity index is 922. The Morgan fingerprint density at radius 3 is 2.46 bits per heavy atom. The molecule has 3 rings (SSSR count). The van der Waals surface area contributed by atoms with Crippen LogP contribution in [0.1, 0.15) is 23.4 Å². The van der Waals surface area contributed by atoms with Crippen LogP contribution in [0.25, 0.3) is 11.3 Å². The summed E-state index contributed by atoms with van der Waals surface area (Å²) in [6, 6.07) is 8.75. The van der Waals surface area contributed by atoms with E-state index in [9.17, 15) is 17.6 Å². The van der Waals surface area contributed by atoms with Gasteiger partial charge in [-0.15, -0.1) is 0 Å². The normalized spacial score (nSPS) is 18.5. The molecule has 0 radical (unpaired) electrons. The number of hydrogen-bond donors (Lipinski definition) is 0. The summed E-state index contributed by atoms with van der Waals surface area (Å²) < 4.78 is 42.6. The number of sulfone groups is 1. The molecule has 8 heteroatoms. The van der Waals surface area contributed by atoms with E-state index in [1.54, 1.807) is 29.2 Å². The van der Waals surface area contributed by atoms with Crippen LogP contribution in [0.2, 0.25) is 0 Å². The molecule has 152 valence electrons. The zero-order valence-corrected chi connectivity index (χ0v) is 16.9. The molecule has 1 amide bonds. The number of nitrogens with zero attached hydrogens (tertiary/aromatic N) is 2. The van der Waals surface area contributed by atoms with E-state index >= 15 is 0 Å². The molecule has 6 nitrogen and oxygen atoms in total. The Labute approximate surface area is 164 Å². The van der Waals surface area contributed by atoms with Gasteiger partial charge >= 0.3 is 0 Å². The van der Waals surface area contributed by atoms with Crippen LogP contribution in [0, 0.1) is 5.82 Å². The Morgan fingerprint density at radius 1 is 1.14 bits per heavy atom. The van der Waals surface area contributed by atoms with E-state index in [1.807, 2.05) is 19.0 Å². The van der Waals surface area contributed by atoms with Gasteiger partial charge in [-0.05, 0) is 69.9 Å². The number of benzene rings is 1.